The van der Waals surface area contributed by atoms with E-state index in [1.54, 1.807) is 20.3 Å². The second kappa shape index (κ2) is 9.40. The molecule has 4 rings (SSSR count). The van der Waals surface area contributed by atoms with Gasteiger partial charge in [-0.25, -0.2) is 8.78 Å². The normalized spacial score (nSPS) is 10.9. The van der Waals surface area contributed by atoms with Crippen LogP contribution in [0.3, 0.4) is 0 Å². The lowest BCUT2D eigenvalue weighted by atomic mass is 10.1. The van der Waals surface area contributed by atoms with Gasteiger partial charge in [0.1, 0.15) is 23.1 Å². The third-order valence-electron chi connectivity index (χ3n) is 4.87. The van der Waals surface area contributed by atoms with Gasteiger partial charge in [0, 0.05) is 28.6 Å². The van der Waals surface area contributed by atoms with E-state index in [-0.39, 0.29) is 11.3 Å². The number of aryl methyl sites for hydroxylation is 1. The van der Waals surface area contributed by atoms with Crippen molar-refractivity contribution in [3.05, 3.63) is 83.4 Å². The molecule has 0 radical (unpaired) electrons. The zero-order valence-electron chi connectivity index (χ0n) is 17.8. The predicted molar refractivity (Wildman–Crippen MR) is 121 cm³/mol. The first-order valence-electron chi connectivity index (χ1n) is 9.81. The summed E-state index contributed by atoms with van der Waals surface area (Å²) in [5.41, 5.74) is 2.93. The highest BCUT2D eigenvalue weighted by atomic mass is 32.2. The molecule has 0 atom stereocenters. The number of hydrogen-bond donors (Lipinski definition) is 0. The number of ether oxygens (including phenoxy) is 2. The van der Waals surface area contributed by atoms with Crippen molar-refractivity contribution in [2.45, 2.75) is 17.8 Å². The second-order valence-electron chi connectivity index (χ2n) is 7.11. The maximum atomic E-state index is 14.1. The minimum atomic E-state index is -0.480. The van der Waals surface area contributed by atoms with Crippen molar-refractivity contribution in [1.29, 1.82) is 0 Å². The Morgan fingerprint density at radius 2 is 1.66 bits per heavy atom. The summed E-state index contributed by atoms with van der Waals surface area (Å²) in [5.74, 6) is 1.08. The van der Waals surface area contributed by atoms with E-state index in [1.165, 1.54) is 17.8 Å². The first kappa shape index (κ1) is 21.8. The maximum absolute atomic E-state index is 14.1. The molecule has 0 unspecified atom stereocenters. The van der Waals surface area contributed by atoms with Crippen molar-refractivity contribution in [3.8, 4) is 28.6 Å². The Labute approximate surface area is 189 Å². The molecule has 0 spiro atoms. The van der Waals surface area contributed by atoms with E-state index in [0.29, 0.717) is 22.5 Å². The molecule has 0 saturated heterocycles. The molecule has 32 heavy (non-hydrogen) atoms. The molecule has 164 valence electrons. The summed E-state index contributed by atoms with van der Waals surface area (Å²) in [5, 5.41) is 9.32. The van der Waals surface area contributed by atoms with Crippen molar-refractivity contribution in [3.63, 3.8) is 0 Å². The van der Waals surface area contributed by atoms with Gasteiger partial charge in [0.25, 0.3) is 0 Å². The van der Waals surface area contributed by atoms with E-state index in [4.69, 9.17) is 9.47 Å². The largest absolute Gasteiger partial charge is 0.497 e. The number of benzene rings is 3. The maximum Gasteiger partial charge on any atom is 0.196 e. The van der Waals surface area contributed by atoms with Crippen LogP contribution in [0.25, 0.3) is 17.1 Å². The van der Waals surface area contributed by atoms with Crippen molar-refractivity contribution in [2.75, 3.05) is 14.2 Å². The summed E-state index contributed by atoms with van der Waals surface area (Å²) in [6.45, 7) is 2.00. The SMILES string of the molecule is COc1cc(OC)cc(-c2nnc(SCc3cc(F)ccc3F)n2-c2cccc(C)c2)c1. The van der Waals surface area contributed by atoms with Crippen LogP contribution in [0.1, 0.15) is 11.1 Å². The van der Waals surface area contributed by atoms with E-state index < -0.39 is 11.6 Å². The molecule has 0 N–H and O–H groups in total. The van der Waals surface area contributed by atoms with Gasteiger partial charge in [-0.2, -0.15) is 0 Å². The smallest absolute Gasteiger partial charge is 0.196 e. The number of aromatic nitrogens is 3. The predicted octanol–water partition coefficient (Wildman–Crippen LogP) is 5.83. The minimum Gasteiger partial charge on any atom is -0.497 e. The lowest BCUT2D eigenvalue weighted by molar-refractivity contribution is 0.394. The van der Waals surface area contributed by atoms with Gasteiger partial charge in [0.05, 0.1) is 14.2 Å². The van der Waals surface area contributed by atoms with E-state index in [9.17, 15) is 8.78 Å². The highest BCUT2D eigenvalue weighted by Gasteiger charge is 2.19. The Kier molecular flexibility index (Phi) is 6.41. The molecule has 0 aliphatic carbocycles. The van der Waals surface area contributed by atoms with Crippen LogP contribution in [0.4, 0.5) is 8.78 Å². The lowest BCUT2D eigenvalue weighted by Gasteiger charge is -2.13. The van der Waals surface area contributed by atoms with Gasteiger partial charge in [0.2, 0.25) is 0 Å². The molecule has 0 bridgehead atoms. The van der Waals surface area contributed by atoms with Crippen molar-refractivity contribution >= 4 is 11.8 Å². The number of halogens is 2. The average Bonchev–Trinajstić information content (AvgIpc) is 3.23. The van der Waals surface area contributed by atoms with Crippen LogP contribution in [0.2, 0.25) is 0 Å². The Balaban J connectivity index is 1.80. The van der Waals surface area contributed by atoms with Gasteiger partial charge >= 0.3 is 0 Å². The summed E-state index contributed by atoms with van der Waals surface area (Å²) in [4.78, 5) is 0. The number of methoxy groups -OCH3 is 2. The molecular weight excluding hydrogens is 432 g/mol. The molecule has 0 aliphatic rings. The van der Waals surface area contributed by atoms with Gasteiger partial charge in [-0.15, -0.1) is 10.2 Å². The van der Waals surface area contributed by atoms with E-state index in [0.717, 1.165) is 28.9 Å². The molecule has 4 aromatic rings. The highest BCUT2D eigenvalue weighted by molar-refractivity contribution is 7.98. The van der Waals surface area contributed by atoms with Gasteiger partial charge < -0.3 is 9.47 Å². The first-order chi connectivity index (χ1) is 15.5. The molecular formula is C24H21F2N3O2S. The van der Waals surface area contributed by atoms with Crippen LogP contribution >= 0.6 is 11.8 Å². The third-order valence-corrected chi connectivity index (χ3v) is 5.85. The molecule has 0 amide bonds. The quantitative estimate of drug-likeness (QED) is 0.330. The highest BCUT2D eigenvalue weighted by Crippen LogP contribution is 2.34. The van der Waals surface area contributed by atoms with E-state index in [2.05, 4.69) is 10.2 Å². The van der Waals surface area contributed by atoms with Crippen LogP contribution in [-0.4, -0.2) is 29.0 Å². The van der Waals surface area contributed by atoms with Crippen LogP contribution in [0.5, 0.6) is 11.5 Å². The number of nitrogens with zero attached hydrogens (tertiary/aromatic N) is 3. The molecule has 5 nitrogen and oxygen atoms in total. The summed E-state index contributed by atoms with van der Waals surface area (Å²) >= 11 is 1.28. The first-order valence-corrected chi connectivity index (χ1v) is 10.8. The monoisotopic (exact) mass is 453 g/mol. The van der Waals surface area contributed by atoms with Crippen LogP contribution in [0, 0.1) is 18.6 Å². The molecule has 1 aromatic heterocycles. The summed E-state index contributed by atoms with van der Waals surface area (Å²) in [6, 6.07) is 16.8. The second-order valence-corrected chi connectivity index (χ2v) is 8.05. The van der Waals surface area contributed by atoms with Gasteiger partial charge in [-0.1, -0.05) is 23.9 Å². The average molecular weight is 454 g/mol. The molecule has 1 heterocycles. The lowest BCUT2D eigenvalue weighted by Crippen LogP contribution is -2.01. The van der Waals surface area contributed by atoms with Gasteiger partial charge in [0.15, 0.2) is 11.0 Å². The summed E-state index contributed by atoms with van der Waals surface area (Å²) < 4.78 is 40.4. The van der Waals surface area contributed by atoms with Crippen LogP contribution in [-0.2, 0) is 5.75 Å². The fourth-order valence-corrected chi connectivity index (χ4v) is 4.21. The zero-order valence-corrected chi connectivity index (χ0v) is 18.6. The molecule has 0 fully saturated rings. The Bertz CT molecular complexity index is 1240. The Hall–Kier alpha value is -3.39. The van der Waals surface area contributed by atoms with Crippen LogP contribution < -0.4 is 9.47 Å². The number of hydrogen-bond acceptors (Lipinski definition) is 5. The number of rotatable bonds is 7. The Morgan fingerprint density at radius 1 is 0.906 bits per heavy atom. The third kappa shape index (κ3) is 4.60. The van der Waals surface area contributed by atoms with Crippen molar-refractivity contribution in [1.82, 2.24) is 14.8 Å². The van der Waals surface area contributed by atoms with Crippen molar-refractivity contribution in [2.24, 2.45) is 0 Å². The van der Waals surface area contributed by atoms with Crippen molar-refractivity contribution < 1.29 is 18.3 Å². The standard InChI is InChI=1S/C24H21F2N3O2S/c1-15-5-4-6-19(9-15)29-23(16-11-20(30-2)13-21(12-16)31-3)27-28-24(29)32-14-17-10-18(25)7-8-22(17)26/h4-13H,14H2,1-3H3. The molecule has 8 heteroatoms. The fourth-order valence-electron chi connectivity index (χ4n) is 3.28. The number of thioether (sulfide) groups is 1. The molecule has 0 saturated carbocycles. The van der Waals surface area contributed by atoms with E-state index in [1.807, 2.05) is 47.9 Å². The van der Waals surface area contributed by atoms with E-state index >= 15 is 0 Å². The van der Waals surface area contributed by atoms with Gasteiger partial charge in [-0.3, -0.25) is 4.57 Å². The molecule has 3 aromatic carbocycles. The van der Waals surface area contributed by atoms with Gasteiger partial charge in [-0.05, 0) is 55.0 Å². The summed E-state index contributed by atoms with van der Waals surface area (Å²) in [6.07, 6.45) is 0. The fraction of sp³-hybridized carbons (Fsp3) is 0.167. The zero-order chi connectivity index (χ0) is 22.7. The van der Waals surface area contributed by atoms with Crippen LogP contribution in [0.15, 0.2) is 65.8 Å². The topological polar surface area (TPSA) is 49.2 Å². The Morgan fingerprint density at radius 3 is 2.34 bits per heavy atom. The summed E-state index contributed by atoms with van der Waals surface area (Å²) in [7, 11) is 3.16. The minimum absolute atomic E-state index is 0.203. The molecule has 0 aliphatic heterocycles.